The highest BCUT2D eigenvalue weighted by molar-refractivity contribution is 5.52. The fraction of sp³-hybridized carbons (Fsp3) is 0.360. The highest BCUT2D eigenvalue weighted by atomic mass is 16.5. The lowest BCUT2D eigenvalue weighted by atomic mass is 9.64. The van der Waals surface area contributed by atoms with Crippen LogP contribution in [0.15, 0.2) is 84.7 Å². The molecule has 1 aliphatic carbocycles. The van der Waals surface area contributed by atoms with Crippen molar-refractivity contribution in [2.75, 3.05) is 7.11 Å². The maximum Gasteiger partial charge on any atom is 0.0958 e. The molecule has 0 amide bonds. The zero-order valence-corrected chi connectivity index (χ0v) is 16.6. The number of hydrogen-bond acceptors (Lipinski definition) is 1. The zero-order valence-electron chi connectivity index (χ0n) is 16.6. The van der Waals surface area contributed by atoms with Gasteiger partial charge in [0.15, 0.2) is 0 Å². The van der Waals surface area contributed by atoms with Gasteiger partial charge in [-0.05, 0) is 37.0 Å². The predicted octanol–water partition coefficient (Wildman–Crippen LogP) is 6.97. The summed E-state index contributed by atoms with van der Waals surface area (Å²) in [6.45, 7) is 12.7. The Morgan fingerprint density at radius 2 is 1.92 bits per heavy atom. The van der Waals surface area contributed by atoms with Crippen molar-refractivity contribution in [3.05, 3.63) is 95.8 Å². The Hall–Kier alpha value is -2.28. The Bertz CT molecular complexity index is 715. The molecule has 0 aromatic heterocycles. The molecule has 0 bridgehead atoms. The second-order valence-electron chi connectivity index (χ2n) is 7.02. The number of hydrogen-bond donors (Lipinski definition) is 0. The molecule has 0 aliphatic heterocycles. The Balaban J connectivity index is 2.63. The standard InChI is InChI=1S/C25H32O/c1-6-8-10-21(4)25(19-9-7-2,22-13-11-20(3)12-14-22)23-15-17-24(26-5)18-16-23/h6,8,10-15,17H,1,4,7,9,16,18-19H2,2-3,5H3/b10-8-. The first-order valence-corrected chi connectivity index (χ1v) is 9.58. The first-order valence-electron chi connectivity index (χ1n) is 9.58. The minimum absolute atomic E-state index is 0.168. The molecule has 1 heteroatoms. The van der Waals surface area contributed by atoms with Gasteiger partial charge in [-0.3, -0.25) is 0 Å². The van der Waals surface area contributed by atoms with E-state index in [1.54, 1.807) is 7.11 Å². The normalized spacial score (nSPS) is 16.6. The summed E-state index contributed by atoms with van der Waals surface area (Å²) in [4.78, 5) is 0. The molecule has 26 heavy (non-hydrogen) atoms. The fourth-order valence-corrected chi connectivity index (χ4v) is 3.79. The molecule has 0 N–H and O–H groups in total. The summed E-state index contributed by atoms with van der Waals surface area (Å²) in [5.41, 5.74) is 5.00. The molecule has 0 spiro atoms. The molecule has 1 aliphatic rings. The molecule has 1 aromatic rings. The molecule has 2 rings (SSSR count). The van der Waals surface area contributed by atoms with E-state index in [0.717, 1.165) is 37.0 Å². The number of ether oxygens (including phenoxy) is 1. The van der Waals surface area contributed by atoms with Crippen LogP contribution in [0.4, 0.5) is 0 Å². The van der Waals surface area contributed by atoms with Crippen LogP contribution in [0, 0.1) is 6.92 Å². The first kappa shape index (κ1) is 20.0. The number of unbranched alkanes of at least 4 members (excludes halogenated alkanes) is 1. The second kappa shape index (κ2) is 9.43. The van der Waals surface area contributed by atoms with E-state index in [4.69, 9.17) is 4.74 Å². The van der Waals surface area contributed by atoms with Gasteiger partial charge in [0.1, 0.15) is 0 Å². The largest absolute Gasteiger partial charge is 0.501 e. The average molecular weight is 349 g/mol. The number of benzene rings is 1. The summed E-state index contributed by atoms with van der Waals surface area (Å²) >= 11 is 0. The summed E-state index contributed by atoms with van der Waals surface area (Å²) in [6, 6.07) is 8.96. The molecule has 0 saturated heterocycles. The highest BCUT2D eigenvalue weighted by Crippen LogP contribution is 2.47. The molecular weight excluding hydrogens is 316 g/mol. The number of allylic oxidation sites excluding steroid dienone is 8. The van der Waals surface area contributed by atoms with Crippen molar-refractivity contribution in [2.45, 2.75) is 51.4 Å². The average Bonchev–Trinajstić information content (AvgIpc) is 2.68. The summed E-state index contributed by atoms with van der Waals surface area (Å²) in [5, 5.41) is 0. The number of aryl methyl sites for hydroxylation is 1. The molecule has 1 atom stereocenters. The van der Waals surface area contributed by atoms with Crippen molar-refractivity contribution < 1.29 is 4.74 Å². The van der Waals surface area contributed by atoms with Gasteiger partial charge in [0, 0.05) is 11.8 Å². The molecule has 1 unspecified atom stereocenters. The minimum Gasteiger partial charge on any atom is -0.501 e. The van der Waals surface area contributed by atoms with E-state index in [0.29, 0.717) is 0 Å². The molecular formula is C25H32O. The van der Waals surface area contributed by atoms with Gasteiger partial charge >= 0.3 is 0 Å². The summed E-state index contributed by atoms with van der Waals surface area (Å²) < 4.78 is 5.45. The smallest absolute Gasteiger partial charge is 0.0958 e. The van der Waals surface area contributed by atoms with Crippen LogP contribution in [0.2, 0.25) is 0 Å². The SMILES string of the molecule is C=C/C=C\C(=C)C(CCCC)(C1=CC=C(OC)CC1)c1ccc(C)cc1. The third kappa shape index (κ3) is 4.27. The van der Waals surface area contributed by atoms with Crippen molar-refractivity contribution in [2.24, 2.45) is 0 Å². The van der Waals surface area contributed by atoms with E-state index in [2.05, 4.69) is 69.5 Å². The zero-order chi connectivity index (χ0) is 19.0. The molecule has 0 radical (unpaired) electrons. The highest BCUT2D eigenvalue weighted by Gasteiger charge is 2.37. The van der Waals surface area contributed by atoms with Crippen LogP contribution in [0.3, 0.4) is 0 Å². The lowest BCUT2D eigenvalue weighted by molar-refractivity contribution is 0.273. The van der Waals surface area contributed by atoms with E-state index in [1.807, 2.05) is 12.2 Å². The van der Waals surface area contributed by atoms with Gasteiger partial charge in [-0.2, -0.15) is 0 Å². The van der Waals surface area contributed by atoms with Crippen LogP contribution < -0.4 is 0 Å². The van der Waals surface area contributed by atoms with Gasteiger partial charge in [-0.15, -0.1) is 0 Å². The Morgan fingerprint density at radius 1 is 1.19 bits per heavy atom. The summed E-state index contributed by atoms with van der Waals surface area (Å²) in [7, 11) is 1.75. The monoisotopic (exact) mass is 348 g/mol. The van der Waals surface area contributed by atoms with Crippen molar-refractivity contribution >= 4 is 0 Å². The van der Waals surface area contributed by atoms with Crippen molar-refractivity contribution in [3.8, 4) is 0 Å². The number of rotatable bonds is 9. The van der Waals surface area contributed by atoms with Crippen LogP contribution in [0.25, 0.3) is 0 Å². The second-order valence-corrected chi connectivity index (χ2v) is 7.02. The first-order chi connectivity index (χ1) is 12.6. The fourth-order valence-electron chi connectivity index (χ4n) is 3.79. The lowest BCUT2D eigenvalue weighted by Crippen LogP contribution is -2.31. The van der Waals surface area contributed by atoms with Crippen LogP contribution in [-0.4, -0.2) is 7.11 Å². The van der Waals surface area contributed by atoms with Crippen molar-refractivity contribution in [1.82, 2.24) is 0 Å². The van der Waals surface area contributed by atoms with Gasteiger partial charge in [0.05, 0.1) is 12.9 Å². The lowest BCUT2D eigenvalue weighted by Gasteiger charge is -2.39. The van der Waals surface area contributed by atoms with E-state index >= 15 is 0 Å². The minimum atomic E-state index is -0.168. The molecule has 138 valence electrons. The Labute approximate surface area is 159 Å². The van der Waals surface area contributed by atoms with E-state index < -0.39 is 0 Å². The van der Waals surface area contributed by atoms with Crippen LogP contribution in [-0.2, 0) is 10.2 Å². The Morgan fingerprint density at radius 3 is 2.46 bits per heavy atom. The third-order valence-electron chi connectivity index (χ3n) is 5.35. The molecule has 1 nitrogen and oxygen atoms in total. The van der Waals surface area contributed by atoms with Gasteiger partial charge in [-0.25, -0.2) is 0 Å². The Kier molecular flexibility index (Phi) is 7.26. The van der Waals surface area contributed by atoms with Crippen LogP contribution in [0.5, 0.6) is 0 Å². The summed E-state index contributed by atoms with van der Waals surface area (Å²) in [6.07, 6.45) is 15.7. The van der Waals surface area contributed by atoms with E-state index in [9.17, 15) is 0 Å². The van der Waals surface area contributed by atoms with Gasteiger partial charge < -0.3 is 4.74 Å². The van der Waals surface area contributed by atoms with Crippen molar-refractivity contribution in [1.29, 1.82) is 0 Å². The summed E-state index contributed by atoms with van der Waals surface area (Å²) in [5.74, 6) is 1.05. The van der Waals surface area contributed by atoms with E-state index in [1.165, 1.54) is 23.1 Å². The maximum absolute atomic E-state index is 5.45. The van der Waals surface area contributed by atoms with Crippen LogP contribution in [0.1, 0.15) is 50.2 Å². The van der Waals surface area contributed by atoms with E-state index in [-0.39, 0.29) is 5.41 Å². The third-order valence-corrected chi connectivity index (χ3v) is 5.35. The van der Waals surface area contributed by atoms with Gasteiger partial charge in [0.2, 0.25) is 0 Å². The molecule has 1 aromatic carbocycles. The molecule has 0 saturated carbocycles. The van der Waals surface area contributed by atoms with Crippen molar-refractivity contribution in [3.63, 3.8) is 0 Å². The quantitative estimate of drug-likeness (QED) is 0.438. The van der Waals surface area contributed by atoms with Gasteiger partial charge in [-0.1, -0.05) is 92.6 Å². The van der Waals surface area contributed by atoms with Gasteiger partial charge in [0.25, 0.3) is 0 Å². The van der Waals surface area contributed by atoms with Crippen LogP contribution >= 0.6 is 0 Å². The number of methoxy groups -OCH3 is 1. The molecule has 0 fully saturated rings. The maximum atomic E-state index is 5.45. The molecule has 0 heterocycles. The predicted molar refractivity (Wildman–Crippen MR) is 113 cm³/mol. The topological polar surface area (TPSA) is 9.23 Å².